The third-order valence-electron chi connectivity index (χ3n) is 5.37. The van der Waals surface area contributed by atoms with E-state index in [4.69, 9.17) is 4.74 Å². The molecule has 0 aliphatic carbocycles. The molecule has 0 aliphatic rings. The van der Waals surface area contributed by atoms with Gasteiger partial charge in [0.25, 0.3) is 5.91 Å². The fourth-order valence-corrected chi connectivity index (χ4v) is 3.71. The molecule has 0 spiro atoms. The second-order valence-electron chi connectivity index (χ2n) is 7.44. The van der Waals surface area contributed by atoms with Gasteiger partial charge < -0.3 is 9.72 Å². The average Bonchev–Trinajstić information content (AvgIpc) is 3.28. The summed E-state index contributed by atoms with van der Waals surface area (Å²) in [5.74, 6) is 0.520. The van der Waals surface area contributed by atoms with Gasteiger partial charge in [0.15, 0.2) is 0 Å². The van der Waals surface area contributed by atoms with E-state index in [1.165, 1.54) is 10.8 Å². The summed E-state index contributed by atoms with van der Waals surface area (Å²) in [5.41, 5.74) is 6.08. The maximum absolute atomic E-state index is 12.4. The van der Waals surface area contributed by atoms with Crippen LogP contribution in [0.1, 0.15) is 21.5 Å². The number of H-pyrrole nitrogens is 1. The normalized spacial score (nSPS) is 11.2. The standard InChI is InChI=1S/C27H21N3O2/c31-27(25-17-28-26-11-4-3-10-24(25)26)30-29-16-19-12-14-22(15-13-19)32-18-21-8-5-7-20-6-1-2-9-23(20)21/h1-17,28H,18H2,(H,30,31)/b29-16+. The van der Waals surface area contributed by atoms with Gasteiger partial charge in [-0.3, -0.25) is 4.79 Å². The molecule has 1 heterocycles. The number of para-hydroxylation sites is 1. The monoisotopic (exact) mass is 419 g/mol. The van der Waals surface area contributed by atoms with Crippen LogP contribution in [0.15, 0.2) is 102 Å². The lowest BCUT2D eigenvalue weighted by molar-refractivity contribution is 0.0957. The van der Waals surface area contributed by atoms with Crippen molar-refractivity contribution in [3.05, 3.63) is 114 Å². The largest absolute Gasteiger partial charge is 0.489 e. The molecule has 4 aromatic carbocycles. The van der Waals surface area contributed by atoms with E-state index in [1.807, 2.05) is 66.7 Å². The first-order chi connectivity index (χ1) is 15.8. The SMILES string of the molecule is O=C(N/N=C/c1ccc(OCc2cccc3ccccc23)cc1)c1c[nH]c2ccccc12. The Balaban J connectivity index is 1.20. The molecule has 2 N–H and O–H groups in total. The molecule has 1 aromatic heterocycles. The van der Waals surface area contributed by atoms with Crippen molar-refractivity contribution < 1.29 is 9.53 Å². The number of hydrogen-bond acceptors (Lipinski definition) is 3. The van der Waals surface area contributed by atoms with Crippen molar-refractivity contribution in [2.45, 2.75) is 6.61 Å². The molecule has 0 aliphatic heterocycles. The van der Waals surface area contributed by atoms with E-state index in [2.05, 4.69) is 39.8 Å². The summed E-state index contributed by atoms with van der Waals surface area (Å²) in [6, 6.07) is 29.8. The molecule has 1 amide bonds. The van der Waals surface area contributed by atoms with E-state index in [-0.39, 0.29) is 5.91 Å². The minimum Gasteiger partial charge on any atom is -0.489 e. The van der Waals surface area contributed by atoms with Gasteiger partial charge in [-0.2, -0.15) is 5.10 Å². The second kappa shape index (κ2) is 8.78. The highest BCUT2D eigenvalue weighted by molar-refractivity contribution is 6.06. The molecule has 32 heavy (non-hydrogen) atoms. The van der Waals surface area contributed by atoms with Gasteiger partial charge in [0.05, 0.1) is 11.8 Å². The average molecular weight is 419 g/mol. The number of amides is 1. The van der Waals surface area contributed by atoms with Gasteiger partial charge >= 0.3 is 0 Å². The Bertz CT molecular complexity index is 1410. The Kier molecular flexibility index (Phi) is 5.37. The Morgan fingerprint density at radius 2 is 1.62 bits per heavy atom. The van der Waals surface area contributed by atoms with Crippen LogP contribution in [0.3, 0.4) is 0 Å². The van der Waals surface area contributed by atoms with Gasteiger partial charge in [-0.25, -0.2) is 5.43 Å². The van der Waals surface area contributed by atoms with Crippen LogP contribution in [0.4, 0.5) is 0 Å². The lowest BCUT2D eigenvalue weighted by Gasteiger charge is -2.09. The van der Waals surface area contributed by atoms with Gasteiger partial charge in [0.1, 0.15) is 12.4 Å². The van der Waals surface area contributed by atoms with E-state index in [1.54, 1.807) is 12.4 Å². The summed E-state index contributed by atoms with van der Waals surface area (Å²) in [5, 5.41) is 7.35. The molecule has 0 fully saturated rings. The summed E-state index contributed by atoms with van der Waals surface area (Å²) < 4.78 is 5.97. The molecular formula is C27H21N3O2. The molecule has 0 bridgehead atoms. The first-order valence-corrected chi connectivity index (χ1v) is 10.4. The Labute approximate surface area is 185 Å². The summed E-state index contributed by atoms with van der Waals surface area (Å²) in [7, 11) is 0. The van der Waals surface area contributed by atoms with Crippen molar-refractivity contribution in [3.63, 3.8) is 0 Å². The third-order valence-corrected chi connectivity index (χ3v) is 5.37. The zero-order valence-electron chi connectivity index (χ0n) is 17.3. The molecule has 5 heteroatoms. The number of benzene rings is 4. The molecule has 0 unspecified atom stereocenters. The van der Waals surface area contributed by atoms with E-state index >= 15 is 0 Å². The predicted octanol–water partition coefficient (Wildman–Crippen LogP) is 5.66. The maximum atomic E-state index is 12.4. The molecule has 0 radical (unpaired) electrons. The molecule has 0 saturated heterocycles. The predicted molar refractivity (Wildman–Crippen MR) is 128 cm³/mol. The Morgan fingerprint density at radius 3 is 2.50 bits per heavy atom. The summed E-state index contributed by atoms with van der Waals surface area (Å²) in [6.45, 7) is 0.496. The topological polar surface area (TPSA) is 66.5 Å². The van der Waals surface area contributed by atoms with Gasteiger partial charge in [0, 0.05) is 17.1 Å². The van der Waals surface area contributed by atoms with Gasteiger partial charge in [-0.15, -0.1) is 0 Å². The number of hydrazone groups is 1. The number of aromatic amines is 1. The number of rotatable bonds is 6. The zero-order valence-corrected chi connectivity index (χ0v) is 17.3. The minimum absolute atomic E-state index is 0.256. The Morgan fingerprint density at radius 1 is 0.875 bits per heavy atom. The van der Waals surface area contributed by atoms with Crippen molar-refractivity contribution in [1.82, 2.24) is 10.4 Å². The van der Waals surface area contributed by atoms with Crippen LogP contribution < -0.4 is 10.2 Å². The number of fused-ring (bicyclic) bond motifs is 2. The van der Waals surface area contributed by atoms with Crippen molar-refractivity contribution >= 4 is 33.8 Å². The number of ether oxygens (including phenoxy) is 1. The first-order valence-electron chi connectivity index (χ1n) is 10.4. The maximum Gasteiger partial charge on any atom is 0.273 e. The first kappa shape index (κ1) is 19.6. The van der Waals surface area contributed by atoms with E-state index in [0.717, 1.165) is 27.8 Å². The van der Waals surface area contributed by atoms with Crippen molar-refractivity contribution in [2.24, 2.45) is 5.10 Å². The van der Waals surface area contributed by atoms with Crippen LogP contribution in [-0.4, -0.2) is 17.1 Å². The molecule has 5 nitrogen and oxygen atoms in total. The summed E-state index contributed by atoms with van der Waals surface area (Å²) in [6.07, 6.45) is 3.30. The van der Waals surface area contributed by atoms with Crippen LogP contribution in [0.2, 0.25) is 0 Å². The number of carbonyl (C=O) groups excluding carboxylic acids is 1. The fraction of sp³-hybridized carbons (Fsp3) is 0.0370. The lowest BCUT2D eigenvalue weighted by Crippen LogP contribution is -2.17. The number of carbonyl (C=O) groups is 1. The second-order valence-corrected chi connectivity index (χ2v) is 7.44. The number of aromatic nitrogens is 1. The fourth-order valence-electron chi connectivity index (χ4n) is 3.71. The summed E-state index contributed by atoms with van der Waals surface area (Å²) in [4.78, 5) is 15.5. The molecule has 156 valence electrons. The van der Waals surface area contributed by atoms with Crippen molar-refractivity contribution in [1.29, 1.82) is 0 Å². The van der Waals surface area contributed by atoms with Crippen LogP contribution in [-0.2, 0) is 6.61 Å². The third kappa shape index (κ3) is 4.09. The molecule has 0 saturated carbocycles. The lowest BCUT2D eigenvalue weighted by atomic mass is 10.1. The van der Waals surface area contributed by atoms with Crippen molar-refractivity contribution in [3.8, 4) is 5.75 Å². The van der Waals surface area contributed by atoms with Gasteiger partial charge in [0.2, 0.25) is 0 Å². The zero-order chi connectivity index (χ0) is 21.8. The molecule has 5 rings (SSSR count). The van der Waals surface area contributed by atoms with Crippen LogP contribution >= 0.6 is 0 Å². The van der Waals surface area contributed by atoms with Crippen LogP contribution in [0, 0.1) is 0 Å². The highest BCUT2D eigenvalue weighted by Gasteiger charge is 2.10. The number of nitrogens with one attached hydrogen (secondary N) is 2. The van der Waals surface area contributed by atoms with Gasteiger partial charge in [-0.1, -0.05) is 60.7 Å². The number of nitrogens with zero attached hydrogens (tertiary/aromatic N) is 1. The van der Waals surface area contributed by atoms with Crippen molar-refractivity contribution in [2.75, 3.05) is 0 Å². The number of hydrogen-bond donors (Lipinski definition) is 2. The van der Waals surface area contributed by atoms with Gasteiger partial charge in [-0.05, 0) is 52.2 Å². The van der Waals surface area contributed by atoms with Crippen LogP contribution in [0.5, 0.6) is 5.75 Å². The highest BCUT2D eigenvalue weighted by Crippen LogP contribution is 2.21. The van der Waals surface area contributed by atoms with E-state index in [9.17, 15) is 4.79 Å². The smallest absolute Gasteiger partial charge is 0.273 e. The summed E-state index contributed by atoms with van der Waals surface area (Å²) >= 11 is 0. The van der Waals surface area contributed by atoms with E-state index in [0.29, 0.717) is 12.2 Å². The Hall–Kier alpha value is -4.38. The molecular weight excluding hydrogens is 398 g/mol. The molecule has 0 atom stereocenters. The van der Waals surface area contributed by atoms with E-state index < -0.39 is 0 Å². The van der Waals surface area contributed by atoms with Crippen LogP contribution in [0.25, 0.3) is 21.7 Å². The molecule has 5 aromatic rings. The highest BCUT2D eigenvalue weighted by atomic mass is 16.5. The quantitative estimate of drug-likeness (QED) is 0.275. The minimum atomic E-state index is -0.256.